The Balaban J connectivity index is 1.53. The van der Waals surface area contributed by atoms with Gasteiger partial charge in [-0.05, 0) is 50.7 Å². The number of hydrogen-bond donors (Lipinski definition) is 4. The summed E-state index contributed by atoms with van der Waals surface area (Å²) in [7, 11) is 0. The molecular weight excluding hydrogens is 346 g/mol. The van der Waals surface area contributed by atoms with Gasteiger partial charge < -0.3 is 15.7 Å². The first-order valence-corrected chi connectivity index (χ1v) is 9.17. The smallest absolute Gasteiger partial charge is 0.404 e. The highest BCUT2D eigenvalue weighted by Gasteiger charge is 2.31. The standard InChI is InChI=1S/C19H25N5O3/c1-11-3-4-13(10-20-11)7-18(25)22-17-9-16(23-24-17)15-6-5-14(8-15)12(2)21-19(26)27/h3-4,9-10,12,14-15,21H,5-8H2,1-2H3,(H,26,27)(H2,22,23,24,25)/t12?,14?,15-/m0/s1. The molecule has 27 heavy (non-hydrogen) atoms. The molecule has 3 rings (SSSR count). The van der Waals surface area contributed by atoms with Crippen molar-refractivity contribution in [2.24, 2.45) is 5.92 Å². The molecule has 0 aliphatic heterocycles. The Morgan fingerprint density at radius 3 is 2.89 bits per heavy atom. The molecule has 8 heteroatoms. The van der Waals surface area contributed by atoms with E-state index in [1.54, 1.807) is 6.20 Å². The first-order chi connectivity index (χ1) is 12.9. The lowest BCUT2D eigenvalue weighted by Crippen LogP contribution is -2.36. The van der Waals surface area contributed by atoms with Crippen LogP contribution in [0.3, 0.4) is 0 Å². The van der Waals surface area contributed by atoms with Crippen LogP contribution in [0, 0.1) is 12.8 Å². The summed E-state index contributed by atoms with van der Waals surface area (Å²) in [6, 6.07) is 5.57. The van der Waals surface area contributed by atoms with E-state index in [0.29, 0.717) is 17.7 Å². The van der Waals surface area contributed by atoms with Gasteiger partial charge in [-0.15, -0.1) is 0 Å². The Hall–Kier alpha value is -2.90. The fourth-order valence-electron chi connectivity index (χ4n) is 3.65. The zero-order chi connectivity index (χ0) is 19.4. The van der Waals surface area contributed by atoms with E-state index >= 15 is 0 Å². The molecule has 144 valence electrons. The molecule has 1 aliphatic carbocycles. The van der Waals surface area contributed by atoms with Gasteiger partial charge in [0.2, 0.25) is 5.91 Å². The van der Waals surface area contributed by atoms with Gasteiger partial charge in [0.1, 0.15) is 0 Å². The minimum Gasteiger partial charge on any atom is -0.465 e. The summed E-state index contributed by atoms with van der Waals surface area (Å²) < 4.78 is 0. The van der Waals surface area contributed by atoms with E-state index in [9.17, 15) is 9.59 Å². The molecule has 0 saturated heterocycles. The molecule has 0 spiro atoms. The fourth-order valence-corrected chi connectivity index (χ4v) is 3.65. The van der Waals surface area contributed by atoms with Crippen molar-refractivity contribution in [3.8, 4) is 0 Å². The molecule has 2 heterocycles. The number of pyridine rings is 1. The Kier molecular flexibility index (Phi) is 5.73. The van der Waals surface area contributed by atoms with E-state index in [2.05, 4.69) is 25.8 Å². The molecule has 2 aromatic heterocycles. The number of carbonyl (C=O) groups is 2. The monoisotopic (exact) mass is 371 g/mol. The topological polar surface area (TPSA) is 120 Å². The number of nitrogens with one attached hydrogen (secondary N) is 3. The van der Waals surface area contributed by atoms with Crippen LogP contribution in [-0.4, -0.2) is 38.3 Å². The maximum absolute atomic E-state index is 12.2. The first-order valence-electron chi connectivity index (χ1n) is 9.17. The van der Waals surface area contributed by atoms with Gasteiger partial charge in [-0.1, -0.05) is 6.07 Å². The van der Waals surface area contributed by atoms with E-state index in [1.165, 1.54) is 0 Å². The minimum atomic E-state index is -0.985. The molecule has 8 nitrogen and oxygen atoms in total. The maximum Gasteiger partial charge on any atom is 0.404 e. The maximum atomic E-state index is 12.2. The van der Waals surface area contributed by atoms with Gasteiger partial charge in [0.25, 0.3) is 0 Å². The predicted octanol–water partition coefficient (Wildman–Crippen LogP) is 2.83. The Morgan fingerprint density at radius 2 is 2.19 bits per heavy atom. The SMILES string of the molecule is Cc1ccc(CC(=O)Nc2cc([C@H]3CCC(C(C)NC(=O)O)C3)[nH]n2)cn1. The van der Waals surface area contributed by atoms with Crippen LogP contribution < -0.4 is 10.6 Å². The van der Waals surface area contributed by atoms with Gasteiger partial charge in [0, 0.05) is 35.6 Å². The van der Waals surface area contributed by atoms with Crippen LogP contribution in [0.25, 0.3) is 0 Å². The van der Waals surface area contributed by atoms with Crippen molar-refractivity contribution in [2.45, 2.75) is 51.5 Å². The highest BCUT2D eigenvalue weighted by Crippen LogP contribution is 2.39. The normalized spacial score (nSPS) is 20.2. The summed E-state index contributed by atoms with van der Waals surface area (Å²) in [4.78, 5) is 27.2. The van der Waals surface area contributed by atoms with Gasteiger partial charge in [0.15, 0.2) is 5.82 Å². The molecule has 2 aromatic rings. The quantitative estimate of drug-likeness (QED) is 0.622. The molecular formula is C19H25N5O3. The molecule has 4 N–H and O–H groups in total. The molecule has 3 atom stereocenters. The third-order valence-corrected chi connectivity index (χ3v) is 5.17. The van der Waals surface area contributed by atoms with Crippen LogP contribution in [0.5, 0.6) is 0 Å². The number of amides is 2. The van der Waals surface area contributed by atoms with Crippen molar-refractivity contribution in [3.05, 3.63) is 41.3 Å². The summed E-state index contributed by atoms with van der Waals surface area (Å²) >= 11 is 0. The largest absolute Gasteiger partial charge is 0.465 e. The first kappa shape index (κ1) is 18.9. The molecule has 2 unspecified atom stereocenters. The Morgan fingerprint density at radius 1 is 1.37 bits per heavy atom. The van der Waals surface area contributed by atoms with Gasteiger partial charge in [-0.3, -0.25) is 14.9 Å². The van der Waals surface area contributed by atoms with Gasteiger partial charge in [-0.25, -0.2) is 4.79 Å². The number of aryl methyl sites for hydroxylation is 1. The van der Waals surface area contributed by atoms with Crippen molar-refractivity contribution < 1.29 is 14.7 Å². The number of aromatic nitrogens is 3. The third kappa shape index (κ3) is 5.06. The van der Waals surface area contributed by atoms with Gasteiger partial charge in [-0.2, -0.15) is 5.10 Å². The van der Waals surface area contributed by atoms with Crippen LogP contribution in [0.1, 0.15) is 49.1 Å². The highest BCUT2D eigenvalue weighted by atomic mass is 16.4. The average molecular weight is 371 g/mol. The van der Waals surface area contributed by atoms with Crippen molar-refractivity contribution in [1.29, 1.82) is 0 Å². The second-order valence-corrected chi connectivity index (χ2v) is 7.25. The number of aromatic amines is 1. The van der Waals surface area contributed by atoms with E-state index in [1.807, 2.05) is 32.0 Å². The predicted molar refractivity (Wildman–Crippen MR) is 101 cm³/mol. The molecule has 0 aromatic carbocycles. The average Bonchev–Trinajstić information content (AvgIpc) is 3.25. The second-order valence-electron chi connectivity index (χ2n) is 7.25. The van der Waals surface area contributed by atoms with Crippen molar-refractivity contribution in [1.82, 2.24) is 20.5 Å². The zero-order valence-electron chi connectivity index (χ0n) is 15.5. The number of nitrogens with zero attached hydrogens (tertiary/aromatic N) is 2. The Bertz CT molecular complexity index is 802. The van der Waals surface area contributed by atoms with E-state index in [4.69, 9.17) is 5.11 Å². The van der Waals surface area contributed by atoms with Gasteiger partial charge in [0.05, 0.1) is 6.42 Å². The van der Waals surface area contributed by atoms with E-state index in [0.717, 1.165) is 36.2 Å². The summed E-state index contributed by atoms with van der Waals surface area (Å²) in [6.07, 6.45) is 3.80. The number of H-pyrrole nitrogens is 1. The van der Waals surface area contributed by atoms with Crippen LogP contribution in [-0.2, 0) is 11.2 Å². The number of anilines is 1. The summed E-state index contributed by atoms with van der Waals surface area (Å²) in [5.41, 5.74) is 2.75. The third-order valence-electron chi connectivity index (χ3n) is 5.17. The molecule has 0 radical (unpaired) electrons. The lowest BCUT2D eigenvalue weighted by atomic mass is 9.97. The number of rotatable bonds is 6. The molecule has 1 saturated carbocycles. The Labute approximate surface area is 157 Å². The number of carbonyl (C=O) groups excluding carboxylic acids is 1. The minimum absolute atomic E-state index is 0.0716. The van der Waals surface area contributed by atoms with E-state index in [-0.39, 0.29) is 18.4 Å². The second kappa shape index (κ2) is 8.20. The highest BCUT2D eigenvalue weighted by molar-refractivity contribution is 5.91. The summed E-state index contributed by atoms with van der Waals surface area (Å²) in [5.74, 6) is 0.978. The van der Waals surface area contributed by atoms with E-state index < -0.39 is 6.09 Å². The molecule has 1 fully saturated rings. The summed E-state index contributed by atoms with van der Waals surface area (Å²) in [6.45, 7) is 3.81. The van der Waals surface area contributed by atoms with Crippen molar-refractivity contribution in [3.63, 3.8) is 0 Å². The van der Waals surface area contributed by atoms with Gasteiger partial charge >= 0.3 is 6.09 Å². The summed E-state index contributed by atoms with van der Waals surface area (Å²) in [5, 5.41) is 21.4. The van der Waals surface area contributed by atoms with Crippen LogP contribution in [0.2, 0.25) is 0 Å². The molecule has 1 aliphatic rings. The molecule has 2 amide bonds. The number of carboxylic acid groups (broad SMARTS) is 1. The lowest BCUT2D eigenvalue weighted by molar-refractivity contribution is -0.115. The molecule has 0 bridgehead atoms. The fraction of sp³-hybridized carbons (Fsp3) is 0.474. The van der Waals surface area contributed by atoms with Crippen molar-refractivity contribution in [2.75, 3.05) is 5.32 Å². The van der Waals surface area contributed by atoms with Crippen molar-refractivity contribution >= 4 is 17.8 Å². The van der Waals surface area contributed by atoms with Crippen LogP contribution in [0.4, 0.5) is 10.6 Å². The van der Waals surface area contributed by atoms with Crippen LogP contribution in [0.15, 0.2) is 24.4 Å². The number of hydrogen-bond acceptors (Lipinski definition) is 4. The van der Waals surface area contributed by atoms with Crippen LogP contribution >= 0.6 is 0 Å². The zero-order valence-corrected chi connectivity index (χ0v) is 15.5. The lowest BCUT2D eigenvalue weighted by Gasteiger charge is -2.18.